The van der Waals surface area contributed by atoms with Crippen LogP contribution in [0.2, 0.25) is 0 Å². The fourth-order valence-corrected chi connectivity index (χ4v) is 2.57. The van der Waals surface area contributed by atoms with Crippen molar-refractivity contribution in [3.8, 4) is 5.75 Å². The van der Waals surface area contributed by atoms with Crippen molar-refractivity contribution < 1.29 is 27.4 Å². The number of nitrogens with one attached hydrogen (secondary N) is 1. The minimum absolute atomic E-state index is 0.0931. The fourth-order valence-electron chi connectivity index (χ4n) is 2.57. The van der Waals surface area contributed by atoms with Gasteiger partial charge in [0.2, 0.25) is 5.91 Å². The summed E-state index contributed by atoms with van der Waals surface area (Å²) in [4.78, 5) is 12.1. The van der Waals surface area contributed by atoms with Crippen LogP contribution in [0.15, 0.2) is 24.3 Å². The van der Waals surface area contributed by atoms with Crippen molar-refractivity contribution in [2.75, 3.05) is 19.8 Å². The number of halogens is 3. The van der Waals surface area contributed by atoms with Crippen LogP contribution in [0.3, 0.4) is 0 Å². The molecule has 1 aliphatic heterocycles. The van der Waals surface area contributed by atoms with E-state index in [9.17, 15) is 18.0 Å². The van der Waals surface area contributed by atoms with Gasteiger partial charge < -0.3 is 14.8 Å². The SMILES string of the molecule is CCC(CNC(=O)C1CCOCC1)Oc1ccccc1C(F)(F)F. The fraction of sp³-hybridized carbons (Fsp3) is 0.588. The smallest absolute Gasteiger partial charge is 0.419 e. The van der Waals surface area contributed by atoms with Crippen LogP contribution in [0.4, 0.5) is 13.2 Å². The molecule has 1 aromatic carbocycles. The normalized spacial score (nSPS) is 17.3. The van der Waals surface area contributed by atoms with Crippen LogP contribution in [0.1, 0.15) is 31.7 Å². The van der Waals surface area contributed by atoms with Gasteiger partial charge in [-0.05, 0) is 31.4 Å². The summed E-state index contributed by atoms with van der Waals surface area (Å²) in [6.45, 7) is 3.11. The maximum absolute atomic E-state index is 13.0. The molecule has 1 heterocycles. The first-order valence-electron chi connectivity index (χ1n) is 8.10. The second-order valence-electron chi connectivity index (χ2n) is 5.77. The molecule has 2 rings (SSSR count). The van der Waals surface area contributed by atoms with Crippen LogP contribution in [0.5, 0.6) is 5.75 Å². The van der Waals surface area contributed by atoms with Crippen LogP contribution >= 0.6 is 0 Å². The summed E-state index contributed by atoms with van der Waals surface area (Å²) in [6.07, 6.45) is -3.17. The molecule has 4 nitrogen and oxygen atoms in total. The van der Waals surface area contributed by atoms with E-state index in [0.717, 1.165) is 6.07 Å². The Balaban J connectivity index is 1.94. The van der Waals surface area contributed by atoms with E-state index in [-0.39, 0.29) is 24.1 Å². The Morgan fingerprint density at radius 2 is 2.00 bits per heavy atom. The maximum Gasteiger partial charge on any atom is 0.419 e. The zero-order chi connectivity index (χ0) is 17.6. The molecule has 24 heavy (non-hydrogen) atoms. The van der Waals surface area contributed by atoms with Gasteiger partial charge in [0.25, 0.3) is 0 Å². The molecule has 0 radical (unpaired) electrons. The van der Waals surface area contributed by atoms with Crippen LogP contribution in [-0.4, -0.2) is 31.8 Å². The average molecular weight is 345 g/mol. The van der Waals surface area contributed by atoms with E-state index in [1.807, 2.05) is 6.92 Å². The molecular weight excluding hydrogens is 323 g/mol. The van der Waals surface area contributed by atoms with Crippen LogP contribution in [-0.2, 0) is 15.7 Å². The van der Waals surface area contributed by atoms with Crippen molar-refractivity contribution in [1.82, 2.24) is 5.32 Å². The summed E-state index contributed by atoms with van der Waals surface area (Å²) in [5, 5.41) is 2.78. The molecule has 1 fully saturated rings. The zero-order valence-corrected chi connectivity index (χ0v) is 13.6. The lowest BCUT2D eigenvalue weighted by Crippen LogP contribution is -2.40. The number of carbonyl (C=O) groups excluding carboxylic acids is 1. The molecule has 1 saturated heterocycles. The van der Waals surface area contributed by atoms with Gasteiger partial charge in [-0.25, -0.2) is 0 Å². The topological polar surface area (TPSA) is 47.6 Å². The lowest BCUT2D eigenvalue weighted by Gasteiger charge is -2.24. The van der Waals surface area contributed by atoms with Gasteiger partial charge in [0.05, 0.1) is 12.1 Å². The van der Waals surface area contributed by atoms with Gasteiger partial charge in [0, 0.05) is 19.1 Å². The number of hydrogen-bond acceptors (Lipinski definition) is 3. The van der Waals surface area contributed by atoms with Gasteiger partial charge in [-0.1, -0.05) is 19.1 Å². The third-order valence-electron chi connectivity index (χ3n) is 4.04. The van der Waals surface area contributed by atoms with E-state index in [2.05, 4.69) is 5.32 Å². The molecule has 7 heteroatoms. The molecule has 1 aromatic rings. The number of rotatable bonds is 6. The molecular formula is C17H22F3NO3. The highest BCUT2D eigenvalue weighted by Gasteiger charge is 2.34. The van der Waals surface area contributed by atoms with E-state index in [1.54, 1.807) is 0 Å². The first-order valence-corrected chi connectivity index (χ1v) is 8.10. The van der Waals surface area contributed by atoms with E-state index in [1.165, 1.54) is 18.2 Å². The second-order valence-corrected chi connectivity index (χ2v) is 5.77. The zero-order valence-electron chi connectivity index (χ0n) is 13.6. The molecule has 1 unspecified atom stereocenters. The molecule has 0 aliphatic carbocycles. The van der Waals surface area contributed by atoms with Gasteiger partial charge in [-0.15, -0.1) is 0 Å². The van der Waals surface area contributed by atoms with Gasteiger partial charge >= 0.3 is 6.18 Å². The number of amides is 1. The van der Waals surface area contributed by atoms with Gasteiger partial charge in [0.1, 0.15) is 11.9 Å². The highest BCUT2D eigenvalue weighted by atomic mass is 19.4. The standard InChI is InChI=1S/C17H22F3NO3/c1-2-13(11-21-16(22)12-7-9-23-10-8-12)24-15-6-4-3-5-14(15)17(18,19)20/h3-6,12-13H,2,7-11H2,1H3,(H,21,22). The Morgan fingerprint density at radius 3 is 2.62 bits per heavy atom. The maximum atomic E-state index is 13.0. The predicted octanol–water partition coefficient (Wildman–Crippen LogP) is 3.41. The number of para-hydroxylation sites is 1. The highest BCUT2D eigenvalue weighted by Crippen LogP contribution is 2.36. The van der Waals surface area contributed by atoms with Crippen LogP contribution in [0.25, 0.3) is 0 Å². The number of carbonyl (C=O) groups is 1. The molecule has 0 saturated carbocycles. The monoisotopic (exact) mass is 345 g/mol. The first-order chi connectivity index (χ1) is 11.4. The van der Waals surface area contributed by atoms with E-state index < -0.39 is 17.8 Å². The summed E-state index contributed by atoms with van der Waals surface area (Å²) in [5.41, 5.74) is -0.806. The van der Waals surface area contributed by atoms with Crippen molar-refractivity contribution in [2.24, 2.45) is 5.92 Å². The second kappa shape index (κ2) is 8.37. The summed E-state index contributed by atoms with van der Waals surface area (Å²) >= 11 is 0. The Morgan fingerprint density at radius 1 is 1.33 bits per heavy atom. The van der Waals surface area contributed by atoms with Crippen LogP contribution in [0, 0.1) is 5.92 Å². The molecule has 0 aromatic heterocycles. The molecule has 134 valence electrons. The quantitative estimate of drug-likeness (QED) is 0.860. The van der Waals surface area contributed by atoms with E-state index in [4.69, 9.17) is 9.47 Å². The third-order valence-corrected chi connectivity index (χ3v) is 4.04. The Hall–Kier alpha value is -1.76. The third kappa shape index (κ3) is 5.12. The van der Waals surface area contributed by atoms with Crippen molar-refractivity contribution in [1.29, 1.82) is 0 Å². The Bertz CT molecular complexity index is 542. The Labute approximate surface area is 139 Å². The van der Waals surface area contributed by atoms with Gasteiger partial charge in [0.15, 0.2) is 0 Å². The van der Waals surface area contributed by atoms with Crippen LogP contribution < -0.4 is 10.1 Å². The van der Waals surface area contributed by atoms with E-state index >= 15 is 0 Å². The molecule has 1 N–H and O–H groups in total. The molecule has 1 amide bonds. The summed E-state index contributed by atoms with van der Waals surface area (Å²) < 4.78 is 49.7. The highest BCUT2D eigenvalue weighted by molar-refractivity contribution is 5.78. The molecule has 0 bridgehead atoms. The van der Waals surface area contributed by atoms with Crippen molar-refractivity contribution in [3.63, 3.8) is 0 Å². The number of benzene rings is 1. The first kappa shape index (κ1) is 18.6. The minimum Gasteiger partial charge on any atom is -0.488 e. The number of alkyl halides is 3. The number of ether oxygens (including phenoxy) is 2. The molecule has 0 spiro atoms. The largest absolute Gasteiger partial charge is 0.488 e. The lowest BCUT2D eigenvalue weighted by molar-refractivity contribution is -0.139. The summed E-state index contributed by atoms with van der Waals surface area (Å²) in [6, 6.07) is 5.11. The molecule has 1 atom stereocenters. The minimum atomic E-state index is -4.47. The molecule has 1 aliphatic rings. The predicted molar refractivity (Wildman–Crippen MR) is 82.7 cm³/mol. The van der Waals surface area contributed by atoms with Crippen molar-refractivity contribution in [2.45, 2.75) is 38.5 Å². The van der Waals surface area contributed by atoms with E-state index in [0.29, 0.717) is 32.5 Å². The number of hydrogen-bond donors (Lipinski definition) is 1. The van der Waals surface area contributed by atoms with Crippen molar-refractivity contribution in [3.05, 3.63) is 29.8 Å². The van der Waals surface area contributed by atoms with Crippen molar-refractivity contribution >= 4 is 5.91 Å². The summed E-state index contributed by atoms with van der Waals surface area (Å²) in [7, 11) is 0. The van der Waals surface area contributed by atoms with Gasteiger partial charge in [-0.2, -0.15) is 13.2 Å². The lowest BCUT2D eigenvalue weighted by atomic mass is 9.99. The van der Waals surface area contributed by atoms with Gasteiger partial charge in [-0.3, -0.25) is 4.79 Å². The average Bonchev–Trinajstić information content (AvgIpc) is 2.58. The Kier molecular flexibility index (Phi) is 6.48. The summed E-state index contributed by atoms with van der Waals surface area (Å²) in [5.74, 6) is -0.402.